The summed E-state index contributed by atoms with van der Waals surface area (Å²) in [7, 11) is -0.799. The second-order valence-corrected chi connectivity index (χ2v) is 9.83. The molecule has 3 aromatic carbocycles. The molecule has 0 spiro atoms. The first-order valence-electron chi connectivity index (χ1n) is 11.0. The fourth-order valence-corrected chi connectivity index (χ4v) is 4.19. The summed E-state index contributed by atoms with van der Waals surface area (Å²) in [5.74, 6) is 0.799. The number of hydrazone groups is 1. The number of nitrogens with one attached hydrogen (secondary N) is 1. The van der Waals surface area contributed by atoms with Gasteiger partial charge in [-0.05, 0) is 53.9 Å². The van der Waals surface area contributed by atoms with E-state index in [4.69, 9.17) is 14.2 Å². The summed E-state index contributed by atoms with van der Waals surface area (Å²) in [5, 5.41) is 3.96. The molecule has 3 aromatic rings. The molecule has 0 saturated heterocycles. The maximum absolute atomic E-state index is 12.5. The lowest BCUT2D eigenvalue weighted by molar-refractivity contribution is -0.119. The lowest BCUT2D eigenvalue weighted by Crippen LogP contribution is -2.39. The van der Waals surface area contributed by atoms with Crippen LogP contribution in [0.5, 0.6) is 17.2 Å². The van der Waals surface area contributed by atoms with Crippen LogP contribution in [0.15, 0.2) is 71.8 Å². The lowest BCUT2D eigenvalue weighted by Gasteiger charge is -2.23. The minimum atomic E-state index is -3.77. The monoisotopic (exact) mass is 511 g/mol. The Morgan fingerprint density at radius 1 is 0.972 bits per heavy atom. The average Bonchev–Trinajstić information content (AvgIpc) is 2.86. The Hall–Kier alpha value is -4.05. The van der Waals surface area contributed by atoms with Crippen LogP contribution in [0.25, 0.3) is 0 Å². The Morgan fingerprint density at radius 3 is 2.33 bits per heavy atom. The number of sulfonamides is 1. The molecule has 3 rings (SSSR count). The van der Waals surface area contributed by atoms with E-state index in [-0.39, 0.29) is 5.69 Å². The third-order valence-electron chi connectivity index (χ3n) is 5.12. The zero-order valence-corrected chi connectivity index (χ0v) is 21.4. The summed E-state index contributed by atoms with van der Waals surface area (Å²) in [4.78, 5) is 12.5. The molecule has 36 heavy (non-hydrogen) atoms. The van der Waals surface area contributed by atoms with Crippen LogP contribution >= 0.6 is 0 Å². The maximum Gasteiger partial charge on any atom is 0.260 e. The van der Waals surface area contributed by atoms with Crippen LogP contribution in [0.3, 0.4) is 0 Å². The van der Waals surface area contributed by atoms with Crippen molar-refractivity contribution in [3.05, 3.63) is 83.4 Å². The van der Waals surface area contributed by atoms with Crippen molar-refractivity contribution in [2.24, 2.45) is 5.10 Å². The van der Waals surface area contributed by atoms with Crippen molar-refractivity contribution < 1.29 is 27.4 Å². The molecule has 0 aliphatic rings. The first-order chi connectivity index (χ1) is 17.2. The number of carbonyl (C=O) groups is 1. The van der Waals surface area contributed by atoms with Gasteiger partial charge in [-0.3, -0.25) is 9.10 Å². The number of methoxy groups -OCH3 is 2. The van der Waals surface area contributed by atoms with Crippen LogP contribution in [0.1, 0.15) is 16.7 Å². The van der Waals surface area contributed by atoms with E-state index < -0.39 is 22.5 Å². The van der Waals surface area contributed by atoms with Crippen LogP contribution in [-0.4, -0.2) is 47.6 Å². The third-order valence-corrected chi connectivity index (χ3v) is 6.24. The molecule has 0 fully saturated rings. The summed E-state index contributed by atoms with van der Waals surface area (Å²) in [5.41, 5.74) is 5.14. The van der Waals surface area contributed by atoms with Gasteiger partial charge in [0.1, 0.15) is 18.9 Å². The van der Waals surface area contributed by atoms with Crippen LogP contribution < -0.4 is 23.9 Å². The van der Waals surface area contributed by atoms with Crippen molar-refractivity contribution in [1.29, 1.82) is 0 Å². The molecule has 190 valence electrons. The SMILES string of the molecule is COc1cc(/C=N\NC(=O)CN(c2cc(C)ccc2OC)S(C)(=O)=O)ccc1OCc1ccccc1. The van der Waals surface area contributed by atoms with Gasteiger partial charge in [-0.15, -0.1) is 0 Å². The van der Waals surface area contributed by atoms with E-state index in [9.17, 15) is 13.2 Å². The molecule has 0 bridgehead atoms. The summed E-state index contributed by atoms with van der Waals surface area (Å²) in [6.45, 7) is 1.74. The molecule has 0 aromatic heterocycles. The second kappa shape index (κ2) is 12.1. The quantitative estimate of drug-likeness (QED) is 0.312. The Labute approximate surface area is 211 Å². The highest BCUT2D eigenvalue weighted by Crippen LogP contribution is 2.31. The number of aryl methyl sites for hydroxylation is 1. The molecule has 0 radical (unpaired) electrons. The average molecular weight is 512 g/mol. The van der Waals surface area contributed by atoms with Gasteiger partial charge in [-0.2, -0.15) is 5.10 Å². The number of nitrogens with zero attached hydrogens (tertiary/aromatic N) is 2. The van der Waals surface area contributed by atoms with Crippen LogP contribution in [0.2, 0.25) is 0 Å². The van der Waals surface area contributed by atoms with E-state index in [0.29, 0.717) is 29.4 Å². The first-order valence-corrected chi connectivity index (χ1v) is 12.8. The maximum atomic E-state index is 12.5. The lowest BCUT2D eigenvalue weighted by atomic mass is 10.2. The molecule has 0 unspecified atom stereocenters. The molecular weight excluding hydrogens is 482 g/mol. The van der Waals surface area contributed by atoms with Gasteiger partial charge < -0.3 is 14.2 Å². The molecule has 1 amide bonds. The van der Waals surface area contributed by atoms with Crippen molar-refractivity contribution in [1.82, 2.24) is 5.43 Å². The summed E-state index contributed by atoms with van der Waals surface area (Å²) >= 11 is 0. The second-order valence-electron chi connectivity index (χ2n) is 7.92. The zero-order chi connectivity index (χ0) is 26.1. The van der Waals surface area contributed by atoms with Crippen LogP contribution in [0, 0.1) is 6.92 Å². The van der Waals surface area contributed by atoms with Gasteiger partial charge in [0.2, 0.25) is 10.0 Å². The molecule has 0 saturated carbocycles. The predicted molar refractivity (Wildman–Crippen MR) is 139 cm³/mol. The molecule has 0 aliphatic carbocycles. The number of hydrogen-bond donors (Lipinski definition) is 1. The molecule has 0 heterocycles. The van der Waals surface area contributed by atoms with Crippen molar-refractivity contribution >= 4 is 27.8 Å². The minimum Gasteiger partial charge on any atom is -0.495 e. The van der Waals surface area contributed by atoms with E-state index >= 15 is 0 Å². The fraction of sp³-hybridized carbons (Fsp3) is 0.231. The number of anilines is 1. The van der Waals surface area contributed by atoms with E-state index in [1.165, 1.54) is 20.4 Å². The molecule has 10 heteroatoms. The van der Waals surface area contributed by atoms with Gasteiger partial charge in [0.15, 0.2) is 11.5 Å². The van der Waals surface area contributed by atoms with Crippen molar-refractivity contribution in [2.75, 3.05) is 31.3 Å². The number of carbonyl (C=O) groups excluding carboxylic acids is 1. The Morgan fingerprint density at radius 2 is 1.67 bits per heavy atom. The molecule has 1 N–H and O–H groups in total. The number of hydrogen-bond acceptors (Lipinski definition) is 7. The highest BCUT2D eigenvalue weighted by molar-refractivity contribution is 7.92. The number of amides is 1. The number of benzene rings is 3. The smallest absolute Gasteiger partial charge is 0.260 e. The number of ether oxygens (including phenoxy) is 3. The highest BCUT2D eigenvalue weighted by atomic mass is 32.2. The Kier molecular flexibility index (Phi) is 8.91. The summed E-state index contributed by atoms with van der Waals surface area (Å²) in [6, 6.07) is 20.1. The molecule has 0 aliphatic heterocycles. The van der Waals surface area contributed by atoms with Gasteiger partial charge in [-0.1, -0.05) is 36.4 Å². The molecule has 9 nitrogen and oxygen atoms in total. The van der Waals surface area contributed by atoms with E-state index in [1.54, 1.807) is 36.4 Å². The van der Waals surface area contributed by atoms with Gasteiger partial charge in [-0.25, -0.2) is 13.8 Å². The normalized spacial score (nSPS) is 11.2. The van der Waals surface area contributed by atoms with Crippen molar-refractivity contribution in [2.45, 2.75) is 13.5 Å². The zero-order valence-electron chi connectivity index (χ0n) is 20.6. The summed E-state index contributed by atoms with van der Waals surface area (Å²) < 4.78 is 42.3. The van der Waals surface area contributed by atoms with Gasteiger partial charge in [0, 0.05) is 0 Å². The van der Waals surface area contributed by atoms with Gasteiger partial charge in [0.05, 0.1) is 32.4 Å². The Bertz CT molecular complexity index is 1330. The summed E-state index contributed by atoms with van der Waals surface area (Å²) in [6.07, 6.45) is 2.46. The van der Waals surface area contributed by atoms with Crippen molar-refractivity contribution in [3.63, 3.8) is 0 Å². The topological polar surface area (TPSA) is 107 Å². The van der Waals surface area contributed by atoms with Crippen LogP contribution in [0.4, 0.5) is 5.69 Å². The third kappa shape index (κ3) is 7.22. The van der Waals surface area contributed by atoms with E-state index in [0.717, 1.165) is 21.7 Å². The highest BCUT2D eigenvalue weighted by Gasteiger charge is 2.24. The Balaban J connectivity index is 1.67. The minimum absolute atomic E-state index is 0.273. The van der Waals surface area contributed by atoms with Gasteiger partial charge >= 0.3 is 0 Å². The fourth-order valence-electron chi connectivity index (χ4n) is 3.34. The molecular formula is C26H29N3O6S. The van der Waals surface area contributed by atoms with E-state index in [1.807, 2.05) is 37.3 Å². The number of rotatable bonds is 11. The van der Waals surface area contributed by atoms with Crippen LogP contribution in [-0.2, 0) is 21.4 Å². The van der Waals surface area contributed by atoms with Crippen molar-refractivity contribution in [3.8, 4) is 17.2 Å². The van der Waals surface area contributed by atoms with Gasteiger partial charge in [0.25, 0.3) is 5.91 Å². The first kappa shape index (κ1) is 26.6. The van der Waals surface area contributed by atoms with E-state index in [2.05, 4.69) is 10.5 Å². The predicted octanol–water partition coefficient (Wildman–Crippen LogP) is 3.51. The standard InChI is InChI=1S/C26H29N3O6S/c1-19-10-12-23(33-2)22(14-19)29(36(4,31)32)17-26(30)28-27-16-21-11-13-24(25(15-21)34-3)35-18-20-8-6-5-7-9-20/h5-16H,17-18H2,1-4H3,(H,28,30)/b27-16-. The molecule has 0 atom stereocenters. The largest absolute Gasteiger partial charge is 0.495 e.